The van der Waals surface area contributed by atoms with Gasteiger partial charge in [-0.15, -0.1) is 0 Å². The van der Waals surface area contributed by atoms with Crippen molar-refractivity contribution in [1.29, 1.82) is 0 Å². The van der Waals surface area contributed by atoms with Crippen LogP contribution in [0.4, 0.5) is 5.69 Å². The molecule has 102 valence electrons. The molecule has 1 atom stereocenters. The van der Waals surface area contributed by atoms with Crippen molar-refractivity contribution in [2.24, 2.45) is 5.92 Å². The van der Waals surface area contributed by atoms with Gasteiger partial charge in [0.05, 0.1) is 4.92 Å². The van der Waals surface area contributed by atoms with Gasteiger partial charge < -0.3 is 5.32 Å². The van der Waals surface area contributed by atoms with E-state index in [1.165, 1.54) is 18.9 Å². The van der Waals surface area contributed by atoms with Crippen molar-refractivity contribution in [3.8, 4) is 0 Å². The second-order valence-electron chi connectivity index (χ2n) is 4.82. The fraction of sp³-hybridized carbons (Fsp3) is 0.462. The van der Waals surface area contributed by atoms with E-state index in [1.807, 2.05) is 0 Å². The van der Waals surface area contributed by atoms with Crippen LogP contribution in [0.3, 0.4) is 0 Å². The average Bonchev–Trinajstić information content (AvgIpc) is 3.20. The van der Waals surface area contributed by atoms with Crippen LogP contribution in [-0.2, 0) is 0 Å². The highest BCUT2D eigenvalue weighted by Gasteiger charge is 2.29. The van der Waals surface area contributed by atoms with Gasteiger partial charge in [-0.1, -0.05) is 22.0 Å². The number of rotatable bonds is 5. The molecule has 0 saturated heterocycles. The van der Waals surface area contributed by atoms with Gasteiger partial charge in [0, 0.05) is 28.6 Å². The van der Waals surface area contributed by atoms with E-state index in [0.717, 1.165) is 0 Å². The van der Waals surface area contributed by atoms with Crippen LogP contribution in [0.1, 0.15) is 28.8 Å². The Morgan fingerprint density at radius 3 is 2.84 bits per heavy atom. The monoisotopic (exact) mass is 326 g/mol. The summed E-state index contributed by atoms with van der Waals surface area (Å²) in [5, 5.41) is 13.6. The first-order chi connectivity index (χ1) is 8.99. The summed E-state index contributed by atoms with van der Waals surface area (Å²) in [7, 11) is 0. The molecule has 2 rings (SSSR count). The van der Waals surface area contributed by atoms with Crippen molar-refractivity contribution < 1.29 is 9.72 Å². The summed E-state index contributed by atoms with van der Waals surface area (Å²) in [6, 6.07) is 4.53. The lowest BCUT2D eigenvalue weighted by Gasteiger charge is -2.10. The number of halogens is 1. The Labute approximate surface area is 119 Å². The molecular weight excluding hydrogens is 312 g/mol. The van der Waals surface area contributed by atoms with E-state index in [-0.39, 0.29) is 16.4 Å². The van der Waals surface area contributed by atoms with Crippen molar-refractivity contribution in [3.05, 3.63) is 39.4 Å². The van der Waals surface area contributed by atoms with Gasteiger partial charge in [-0.3, -0.25) is 14.9 Å². The molecule has 5 nitrogen and oxygen atoms in total. The molecule has 1 aromatic carbocycles. The normalized spacial score (nSPS) is 15.9. The maximum absolute atomic E-state index is 11.9. The van der Waals surface area contributed by atoms with Crippen LogP contribution in [0.5, 0.6) is 0 Å². The number of hydrogen-bond acceptors (Lipinski definition) is 3. The zero-order valence-corrected chi connectivity index (χ0v) is 12.1. The Kier molecular flexibility index (Phi) is 4.19. The Bertz CT molecular complexity index is 515. The minimum absolute atomic E-state index is 0.0229. The molecule has 0 radical (unpaired) electrons. The van der Waals surface area contributed by atoms with Gasteiger partial charge in [0.1, 0.15) is 0 Å². The number of carbonyl (C=O) groups is 1. The molecule has 0 bridgehead atoms. The van der Waals surface area contributed by atoms with Crippen molar-refractivity contribution >= 4 is 27.5 Å². The Balaban J connectivity index is 2.02. The van der Waals surface area contributed by atoms with E-state index in [2.05, 4.69) is 21.2 Å². The highest BCUT2D eigenvalue weighted by atomic mass is 79.9. The molecule has 0 spiro atoms. The number of nitro groups is 1. The molecule has 1 aromatic rings. The van der Waals surface area contributed by atoms with E-state index in [1.54, 1.807) is 19.1 Å². The fourth-order valence-corrected chi connectivity index (χ4v) is 2.55. The average molecular weight is 327 g/mol. The molecular formula is C13H15BrN2O3. The SMILES string of the molecule is Cc1ccc(C(=O)NCC(Br)C2CC2)cc1[N+](=O)[O-]. The second kappa shape index (κ2) is 5.69. The van der Waals surface area contributed by atoms with Crippen molar-refractivity contribution in [3.63, 3.8) is 0 Å². The predicted molar refractivity (Wildman–Crippen MR) is 75.6 cm³/mol. The number of nitrogens with one attached hydrogen (secondary N) is 1. The van der Waals surface area contributed by atoms with Crippen LogP contribution in [0.2, 0.25) is 0 Å². The van der Waals surface area contributed by atoms with E-state index < -0.39 is 4.92 Å². The highest BCUT2D eigenvalue weighted by molar-refractivity contribution is 9.09. The standard InChI is InChI=1S/C13H15BrN2O3/c1-8-2-3-10(6-12(8)16(18)19)13(17)15-7-11(14)9-4-5-9/h2-3,6,9,11H,4-5,7H2,1H3,(H,15,17). The van der Waals surface area contributed by atoms with Gasteiger partial charge in [0.15, 0.2) is 0 Å². The molecule has 1 amide bonds. The third-order valence-corrected chi connectivity index (χ3v) is 4.33. The lowest BCUT2D eigenvalue weighted by Crippen LogP contribution is -2.30. The molecule has 1 aliphatic carbocycles. The Morgan fingerprint density at radius 1 is 1.58 bits per heavy atom. The van der Waals surface area contributed by atoms with Crippen LogP contribution in [0.15, 0.2) is 18.2 Å². The lowest BCUT2D eigenvalue weighted by molar-refractivity contribution is -0.385. The number of benzene rings is 1. The van der Waals surface area contributed by atoms with E-state index in [9.17, 15) is 14.9 Å². The summed E-state index contributed by atoms with van der Waals surface area (Å²) in [4.78, 5) is 22.6. The zero-order chi connectivity index (χ0) is 14.0. The smallest absolute Gasteiger partial charge is 0.273 e. The van der Waals surface area contributed by atoms with Gasteiger partial charge in [-0.05, 0) is 31.7 Å². The van der Waals surface area contributed by atoms with Gasteiger partial charge in [0.2, 0.25) is 0 Å². The molecule has 1 N–H and O–H groups in total. The van der Waals surface area contributed by atoms with E-state index in [4.69, 9.17) is 0 Å². The number of amides is 1. The third kappa shape index (κ3) is 3.53. The second-order valence-corrected chi connectivity index (χ2v) is 6.00. The van der Waals surface area contributed by atoms with Crippen LogP contribution in [0.25, 0.3) is 0 Å². The number of hydrogen-bond donors (Lipinski definition) is 1. The summed E-state index contributed by atoms with van der Waals surface area (Å²) < 4.78 is 0. The van der Waals surface area contributed by atoms with Crippen LogP contribution < -0.4 is 5.32 Å². The van der Waals surface area contributed by atoms with Crippen molar-refractivity contribution in [2.75, 3.05) is 6.54 Å². The van der Waals surface area contributed by atoms with E-state index in [0.29, 0.717) is 23.6 Å². The molecule has 1 saturated carbocycles. The van der Waals surface area contributed by atoms with Gasteiger partial charge in [-0.25, -0.2) is 0 Å². The summed E-state index contributed by atoms with van der Waals surface area (Å²) >= 11 is 3.53. The summed E-state index contributed by atoms with van der Waals surface area (Å²) in [6.07, 6.45) is 2.39. The summed E-state index contributed by atoms with van der Waals surface area (Å²) in [6.45, 7) is 2.20. The van der Waals surface area contributed by atoms with E-state index >= 15 is 0 Å². The summed E-state index contributed by atoms with van der Waals surface area (Å²) in [5.74, 6) is 0.376. The molecule has 1 aliphatic rings. The number of carbonyl (C=O) groups excluding carboxylic acids is 1. The number of aryl methyl sites for hydroxylation is 1. The number of nitrogens with zero attached hydrogens (tertiary/aromatic N) is 1. The minimum atomic E-state index is -0.469. The van der Waals surface area contributed by atoms with Crippen molar-refractivity contribution in [1.82, 2.24) is 5.32 Å². The maximum Gasteiger partial charge on any atom is 0.273 e. The quantitative estimate of drug-likeness (QED) is 0.513. The molecule has 0 aliphatic heterocycles. The largest absolute Gasteiger partial charge is 0.351 e. The first kappa shape index (κ1) is 14.0. The minimum Gasteiger partial charge on any atom is -0.351 e. The molecule has 19 heavy (non-hydrogen) atoms. The summed E-state index contributed by atoms with van der Waals surface area (Å²) in [5.41, 5.74) is 0.857. The van der Waals surface area contributed by atoms with Gasteiger partial charge in [0.25, 0.3) is 11.6 Å². The van der Waals surface area contributed by atoms with Gasteiger partial charge >= 0.3 is 0 Å². The van der Waals surface area contributed by atoms with Crippen LogP contribution >= 0.6 is 15.9 Å². The predicted octanol–water partition coefficient (Wildman–Crippen LogP) is 2.81. The number of alkyl halides is 1. The number of nitro benzene ring substituents is 1. The Morgan fingerprint density at radius 2 is 2.26 bits per heavy atom. The van der Waals surface area contributed by atoms with Gasteiger partial charge in [-0.2, -0.15) is 0 Å². The zero-order valence-electron chi connectivity index (χ0n) is 10.6. The lowest BCUT2D eigenvalue weighted by atomic mass is 10.1. The molecule has 0 heterocycles. The molecule has 1 unspecified atom stereocenters. The third-order valence-electron chi connectivity index (χ3n) is 3.26. The maximum atomic E-state index is 11.9. The highest BCUT2D eigenvalue weighted by Crippen LogP contribution is 2.36. The van der Waals surface area contributed by atoms with Crippen LogP contribution in [-0.4, -0.2) is 22.2 Å². The molecule has 0 aromatic heterocycles. The molecule has 6 heteroatoms. The first-order valence-corrected chi connectivity index (χ1v) is 7.08. The topological polar surface area (TPSA) is 72.2 Å². The first-order valence-electron chi connectivity index (χ1n) is 6.16. The molecule has 1 fully saturated rings. The van der Waals surface area contributed by atoms with Crippen LogP contribution in [0, 0.1) is 23.0 Å². The van der Waals surface area contributed by atoms with Crippen molar-refractivity contribution in [2.45, 2.75) is 24.6 Å². The Hall–Kier alpha value is -1.43. The fourth-order valence-electron chi connectivity index (χ4n) is 1.86.